The van der Waals surface area contributed by atoms with Crippen molar-refractivity contribution in [3.8, 4) is 0 Å². The third-order valence-electron chi connectivity index (χ3n) is 3.07. The van der Waals surface area contributed by atoms with Crippen molar-refractivity contribution >= 4 is 10.1 Å². The van der Waals surface area contributed by atoms with Crippen LogP contribution in [0.25, 0.3) is 0 Å². The van der Waals surface area contributed by atoms with E-state index in [1.54, 1.807) is 18.2 Å². The smallest absolute Gasteiger partial charge is 0.396 e. The number of hydrogen-bond acceptors (Lipinski definition) is 4. The quantitative estimate of drug-likeness (QED) is 0.372. The van der Waals surface area contributed by atoms with Crippen LogP contribution in [0.15, 0.2) is 35.2 Å². The summed E-state index contributed by atoms with van der Waals surface area (Å²) in [7, 11) is -3.59. The molecule has 0 bridgehead atoms. The summed E-state index contributed by atoms with van der Waals surface area (Å²) < 4.78 is 28.6. The average Bonchev–Trinajstić information content (AvgIpc) is 2.46. The molecule has 1 aromatic rings. The second-order valence-electron chi connectivity index (χ2n) is 4.79. The molecule has 0 aromatic heterocycles. The summed E-state index contributed by atoms with van der Waals surface area (Å²) in [6, 6.07) is 8.22. The summed E-state index contributed by atoms with van der Waals surface area (Å²) in [5, 5.41) is 8.64. The largest absolute Gasteiger partial charge is 1.00 e. The Morgan fingerprint density at radius 3 is 1.95 bits per heavy atom. The van der Waals surface area contributed by atoms with Crippen molar-refractivity contribution in [2.75, 3.05) is 13.2 Å². The van der Waals surface area contributed by atoms with Crippen molar-refractivity contribution in [3.05, 3.63) is 30.3 Å². The van der Waals surface area contributed by atoms with Crippen LogP contribution in [0.3, 0.4) is 0 Å². The van der Waals surface area contributed by atoms with E-state index in [4.69, 9.17) is 9.29 Å². The van der Waals surface area contributed by atoms with Gasteiger partial charge in [-0.2, -0.15) is 8.42 Å². The van der Waals surface area contributed by atoms with Gasteiger partial charge in [0.25, 0.3) is 10.1 Å². The number of aliphatic hydroxyl groups is 1. The molecule has 1 aromatic carbocycles. The van der Waals surface area contributed by atoms with Crippen molar-refractivity contribution in [1.82, 2.24) is 0 Å². The SMILES string of the molecule is O=S(=O)(OCCCCCCCCCO)c1ccccc1.[Cu+]. The van der Waals surface area contributed by atoms with E-state index in [1.807, 2.05) is 0 Å². The first-order valence-corrected chi connectivity index (χ1v) is 8.63. The Labute approximate surface area is 138 Å². The molecule has 6 heteroatoms. The van der Waals surface area contributed by atoms with Crippen molar-refractivity contribution < 1.29 is 34.8 Å². The van der Waals surface area contributed by atoms with Gasteiger partial charge in [-0.1, -0.05) is 50.3 Å². The molecule has 0 spiro atoms. The van der Waals surface area contributed by atoms with E-state index in [1.165, 1.54) is 12.1 Å². The van der Waals surface area contributed by atoms with Gasteiger partial charge in [0.15, 0.2) is 0 Å². The second-order valence-corrected chi connectivity index (χ2v) is 6.40. The van der Waals surface area contributed by atoms with Crippen LogP contribution >= 0.6 is 0 Å². The fourth-order valence-electron chi connectivity index (χ4n) is 1.92. The number of unbranched alkanes of at least 4 members (excludes halogenated alkanes) is 6. The first-order valence-electron chi connectivity index (χ1n) is 7.22. The van der Waals surface area contributed by atoms with Gasteiger partial charge in [0.05, 0.1) is 11.5 Å². The van der Waals surface area contributed by atoms with E-state index in [0.29, 0.717) is 0 Å². The molecule has 1 rings (SSSR count). The fraction of sp³-hybridized carbons (Fsp3) is 0.600. The zero-order valence-corrected chi connectivity index (χ0v) is 13.9. The molecule has 0 aliphatic rings. The standard InChI is InChI=1S/C15H24O4S.Cu/c16-13-9-4-2-1-3-5-10-14-19-20(17,18)15-11-7-6-8-12-15;/h6-8,11-12,16H,1-5,9-10,13-14H2;/q;+1. The third kappa shape index (κ3) is 9.27. The van der Waals surface area contributed by atoms with Gasteiger partial charge in [0, 0.05) is 6.61 Å². The van der Waals surface area contributed by atoms with Gasteiger partial charge in [0.1, 0.15) is 0 Å². The number of benzene rings is 1. The van der Waals surface area contributed by atoms with Crippen LogP contribution in [0.4, 0.5) is 0 Å². The molecule has 0 saturated carbocycles. The van der Waals surface area contributed by atoms with E-state index in [9.17, 15) is 8.42 Å². The first-order chi connectivity index (χ1) is 9.67. The number of aliphatic hydroxyl groups excluding tert-OH is 1. The molecule has 21 heavy (non-hydrogen) atoms. The van der Waals surface area contributed by atoms with Crippen molar-refractivity contribution in [2.24, 2.45) is 0 Å². The maximum atomic E-state index is 11.8. The monoisotopic (exact) mass is 363 g/mol. The maximum absolute atomic E-state index is 11.8. The Bertz CT molecular complexity index is 448. The molecule has 0 fully saturated rings. The Morgan fingerprint density at radius 1 is 0.857 bits per heavy atom. The van der Waals surface area contributed by atoms with Gasteiger partial charge in [-0.15, -0.1) is 0 Å². The molecule has 0 aliphatic carbocycles. The molecule has 1 N–H and O–H groups in total. The molecule has 0 amide bonds. The van der Waals surface area contributed by atoms with Crippen molar-refractivity contribution in [3.63, 3.8) is 0 Å². The van der Waals surface area contributed by atoms with E-state index >= 15 is 0 Å². The summed E-state index contributed by atoms with van der Waals surface area (Å²) in [6.07, 6.45) is 7.01. The van der Waals surface area contributed by atoms with E-state index in [2.05, 4.69) is 0 Å². The average molecular weight is 364 g/mol. The molecule has 0 unspecified atom stereocenters. The van der Waals surface area contributed by atoms with Crippen LogP contribution in [0, 0.1) is 0 Å². The number of rotatable bonds is 11. The van der Waals surface area contributed by atoms with Gasteiger partial charge >= 0.3 is 17.1 Å². The molecule has 0 radical (unpaired) electrons. The zero-order valence-electron chi connectivity index (χ0n) is 12.1. The Morgan fingerprint density at radius 2 is 1.38 bits per heavy atom. The van der Waals surface area contributed by atoms with Crippen LogP contribution in [0.1, 0.15) is 44.9 Å². The molecular weight excluding hydrogens is 340 g/mol. The van der Waals surface area contributed by atoms with Crippen LogP contribution in [0.5, 0.6) is 0 Å². The molecule has 124 valence electrons. The topological polar surface area (TPSA) is 63.6 Å². The zero-order chi connectivity index (χ0) is 14.7. The minimum Gasteiger partial charge on any atom is -0.396 e. The minimum atomic E-state index is -3.59. The predicted octanol–water partition coefficient (Wildman–Crippen LogP) is 3.11. The van der Waals surface area contributed by atoms with Gasteiger partial charge < -0.3 is 5.11 Å². The van der Waals surface area contributed by atoms with E-state index in [-0.39, 0.29) is 35.2 Å². The summed E-state index contributed by atoms with van der Waals surface area (Å²) in [4.78, 5) is 0.212. The summed E-state index contributed by atoms with van der Waals surface area (Å²) in [6.45, 7) is 0.513. The van der Waals surface area contributed by atoms with Gasteiger partial charge in [0.2, 0.25) is 0 Å². The molecule has 4 nitrogen and oxygen atoms in total. The third-order valence-corrected chi connectivity index (χ3v) is 4.40. The summed E-state index contributed by atoms with van der Waals surface area (Å²) in [5.74, 6) is 0. The Hall–Kier alpha value is -0.391. The molecule has 0 aliphatic heterocycles. The van der Waals surface area contributed by atoms with Gasteiger partial charge in [-0.3, -0.25) is 4.18 Å². The Kier molecular flexibility index (Phi) is 12.0. The molecular formula is C15H24CuO4S+. The predicted molar refractivity (Wildman–Crippen MR) is 79.0 cm³/mol. The fourth-order valence-corrected chi connectivity index (χ4v) is 2.89. The van der Waals surface area contributed by atoms with Crippen molar-refractivity contribution in [2.45, 2.75) is 49.8 Å². The number of hydrogen-bond donors (Lipinski definition) is 1. The summed E-state index contributed by atoms with van der Waals surface area (Å²) >= 11 is 0. The normalized spacial score (nSPS) is 11.1. The molecule has 0 heterocycles. The maximum Gasteiger partial charge on any atom is 1.00 e. The van der Waals surface area contributed by atoms with Crippen LogP contribution in [0.2, 0.25) is 0 Å². The first kappa shape index (κ1) is 20.6. The van der Waals surface area contributed by atoms with E-state index in [0.717, 1.165) is 44.9 Å². The van der Waals surface area contributed by atoms with Crippen LogP contribution < -0.4 is 0 Å². The van der Waals surface area contributed by atoms with Crippen LogP contribution in [-0.4, -0.2) is 26.7 Å². The molecule has 0 saturated heterocycles. The summed E-state index contributed by atoms with van der Waals surface area (Å²) in [5.41, 5.74) is 0. The minimum absolute atomic E-state index is 0. The Balaban J connectivity index is 0.00000400. The van der Waals surface area contributed by atoms with Gasteiger partial charge in [-0.25, -0.2) is 0 Å². The van der Waals surface area contributed by atoms with E-state index < -0.39 is 10.1 Å². The van der Waals surface area contributed by atoms with Crippen molar-refractivity contribution in [1.29, 1.82) is 0 Å². The molecule has 0 atom stereocenters. The second kappa shape index (κ2) is 12.2. The van der Waals surface area contributed by atoms with Crippen LogP contribution in [-0.2, 0) is 31.4 Å². The van der Waals surface area contributed by atoms with Gasteiger partial charge in [-0.05, 0) is 25.0 Å².